The minimum absolute atomic E-state index is 0.198. The highest BCUT2D eigenvalue weighted by Gasteiger charge is 2.17. The zero-order valence-electron chi connectivity index (χ0n) is 10.4. The first kappa shape index (κ1) is 11.3. The fraction of sp³-hybridized carbons (Fsp3) is 0.357. The average Bonchev–Trinajstić information content (AvgIpc) is 3.02. The van der Waals surface area contributed by atoms with Gasteiger partial charge in [0.25, 0.3) is 0 Å². The molecule has 1 saturated heterocycles. The van der Waals surface area contributed by atoms with Crippen LogP contribution in [0.4, 0.5) is 0 Å². The molecule has 2 heterocycles. The summed E-state index contributed by atoms with van der Waals surface area (Å²) in [6.07, 6.45) is 4.91. The molecule has 0 radical (unpaired) electrons. The summed E-state index contributed by atoms with van der Waals surface area (Å²) >= 11 is 0. The normalized spacial score (nSPS) is 19.1. The molecule has 0 spiro atoms. The van der Waals surface area contributed by atoms with Crippen LogP contribution in [0.2, 0.25) is 0 Å². The molecule has 4 heteroatoms. The van der Waals surface area contributed by atoms with Crippen LogP contribution in [0.15, 0.2) is 36.7 Å². The van der Waals surface area contributed by atoms with Crippen molar-refractivity contribution in [2.45, 2.75) is 12.5 Å². The van der Waals surface area contributed by atoms with Crippen LogP contribution < -0.4 is 4.74 Å². The molecule has 0 aliphatic carbocycles. The van der Waals surface area contributed by atoms with Gasteiger partial charge < -0.3 is 14.0 Å². The summed E-state index contributed by atoms with van der Waals surface area (Å²) in [5, 5.41) is 0. The van der Waals surface area contributed by atoms with E-state index < -0.39 is 0 Å². The lowest BCUT2D eigenvalue weighted by atomic mass is 10.2. The first-order chi connectivity index (χ1) is 8.83. The third-order valence-corrected chi connectivity index (χ3v) is 3.12. The summed E-state index contributed by atoms with van der Waals surface area (Å²) in [5.74, 6) is 1.86. The molecular formula is C14H16N2O2. The van der Waals surface area contributed by atoms with E-state index in [0.29, 0.717) is 6.61 Å². The molecule has 0 amide bonds. The van der Waals surface area contributed by atoms with Crippen molar-refractivity contribution < 1.29 is 9.47 Å². The van der Waals surface area contributed by atoms with Crippen molar-refractivity contribution in [2.75, 3.05) is 13.2 Å². The lowest BCUT2D eigenvalue weighted by molar-refractivity contribution is 0.141. The highest BCUT2D eigenvalue weighted by molar-refractivity contribution is 5.56. The zero-order valence-corrected chi connectivity index (χ0v) is 10.4. The van der Waals surface area contributed by atoms with Gasteiger partial charge in [-0.05, 0) is 24.3 Å². The lowest BCUT2D eigenvalue weighted by Crippen LogP contribution is -2.15. The topological polar surface area (TPSA) is 36.3 Å². The van der Waals surface area contributed by atoms with Crippen molar-refractivity contribution in [1.29, 1.82) is 0 Å². The summed E-state index contributed by atoms with van der Waals surface area (Å²) in [4.78, 5) is 4.32. The molecule has 1 aliphatic rings. The third kappa shape index (κ3) is 2.24. The monoisotopic (exact) mass is 244 g/mol. The Bertz CT molecular complexity index is 513. The van der Waals surface area contributed by atoms with E-state index in [1.165, 1.54) is 0 Å². The Balaban J connectivity index is 1.74. The molecule has 1 fully saturated rings. The van der Waals surface area contributed by atoms with Gasteiger partial charge in [0.15, 0.2) is 0 Å². The number of benzene rings is 1. The van der Waals surface area contributed by atoms with Gasteiger partial charge in [0.05, 0.1) is 13.2 Å². The molecule has 1 atom stereocenters. The highest BCUT2D eigenvalue weighted by atomic mass is 16.5. The molecule has 1 unspecified atom stereocenters. The van der Waals surface area contributed by atoms with Crippen LogP contribution in [0.25, 0.3) is 11.4 Å². The van der Waals surface area contributed by atoms with Crippen molar-refractivity contribution in [2.24, 2.45) is 7.05 Å². The van der Waals surface area contributed by atoms with Gasteiger partial charge >= 0.3 is 0 Å². The van der Waals surface area contributed by atoms with Gasteiger partial charge in [-0.25, -0.2) is 4.98 Å². The number of rotatable bonds is 3. The van der Waals surface area contributed by atoms with Gasteiger partial charge in [-0.1, -0.05) is 0 Å². The van der Waals surface area contributed by atoms with Crippen LogP contribution in [-0.2, 0) is 11.8 Å². The van der Waals surface area contributed by atoms with Crippen LogP contribution in [0.1, 0.15) is 6.42 Å². The zero-order chi connectivity index (χ0) is 12.4. The van der Waals surface area contributed by atoms with E-state index in [0.717, 1.165) is 30.2 Å². The maximum absolute atomic E-state index is 5.83. The van der Waals surface area contributed by atoms with E-state index in [-0.39, 0.29) is 6.10 Å². The first-order valence-corrected chi connectivity index (χ1v) is 6.15. The largest absolute Gasteiger partial charge is 0.488 e. The van der Waals surface area contributed by atoms with E-state index in [1.807, 2.05) is 42.1 Å². The molecule has 94 valence electrons. The SMILES string of the molecule is Cn1ccnc1-c1ccc(OC2CCOC2)cc1. The van der Waals surface area contributed by atoms with Crippen LogP contribution >= 0.6 is 0 Å². The number of nitrogens with zero attached hydrogens (tertiary/aromatic N) is 2. The second-order valence-corrected chi connectivity index (χ2v) is 4.49. The fourth-order valence-electron chi connectivity index (χ4n) is 2.12. The highest BCUT2D eigenvalue weighted by Crippen LogP contribution is 2.22. The summed E-state index contributed by atoms with van der Waals surface area (Å²) in [6.45, 7) is 1.50. The van der Waals surface area contributed by atoms with E-state index in [4.69, 9.17) is 9.47 Å². The number of ether oxygens (including phenoxy) is 2. The van der Waals surface area contributed by atoms with Crippen molar-refractivity contribution in [3.63, 3.8) is 0 Å². The maximum atomic E-state index is 5.83. The minimum atomic E-state index is 0.198. The summed E-state index contributed by atoms with van der Waals surface area (Å²) < 4.78 is 13.1. The summed E-state index contributed by atoms with van der Waals surface area (Å²) in [6, 6.07) is 8.05. The number of imidazole rings is 1. The predicted molar refractivity (Wildman–Crippen MR) is 68.5 cm³/mol. The van der Waals surface area contributed by atoms with Gasteiger partial charge in [-0.2, -0.15) is 0 Å². The summed E-state index contributed by atoms with van der Waals surface area (Å²) in [7, 11) is 1.99. The smallest absolute Gasteiger partial charge is 0.139 e. The van der Waals surface area contributed by atoms with Gasteiger partial charge in [-0.3, -0.25) is 0 Å². The standard InChI is InChI=1S/C14H16N2O2/c1-16-8-7-15-14(16)11-2-4-12(5-3-11)18-13-6-9-17-10-13/h2-5,7-8,13H,6,9-10H2,1H3. The van der Waals surface area contributed by atoms with Crippen molar-refractivity contribution in [3.05, 3.63) is 36.7 Å². The Morgan fingerprint density at radius 1 is 1.33 bits per heavy atom. The molecule has 4 nitrogen and oxygen atoms in total. The lowest BCUT2D eigenvalue weighted by Gasteiger charge is -2.12. The molecule has 1 aliphatic heterocycles. The Morgan fingerprint density at radius 3 is 2.78 bits per heavy atom. The molecule has 18 heavy (non-hydrogen) atoms. The Kier molecular flexibility index (Phi) is 3.02. The Labute approximate surface area is 106 Å². The average molecular weight is 244 g/mol. The molecule has 1 aromatic carbocycles. The Morgan fingerprint density at radius 2 is 2.17 bits per heavy atom. The van der Waals surface area contributed by atoms with E-state index in [9.17, 15) is 0 Å². The molecular weight excluding hydrogens is 228 g/mol. The van der Waals surface area contributed by atoms with E-state index in [1.54, 1.807) is 6.20 Å². The molecule has 1 aromatic heterocycles. The predicted octanol–water partition coefficient (Wildman–Crippen LogP) is 2.25. The van der Waals surface area contributed by atoms with Crippen molar-refractivity contribution in [3.8, 4) is 17.1 Å². The number of aryl methyl sites for hydroxylation is 1. The second-order valence-electron chi connectivity index (χ2n) is 4.49. The van der Waals surface area contributed by atoms with Crippen molar-refractivity contribution in [1.82, 2.24) is 9.55 Å². The van der Waals surface area contributed by atoms with Crippen LogP contribution in [-0.4, -0.2) is 28.9 Å². The van der Waals surface area contributed by atoms with Crippen LogP contribution in [0, 0.1) is 0 Å². The van der Waals surface area contributed by atoms with Gasteiger partial charge in [0.1, 0.15) is 17.7 Å². The van der Waals surface area contributed by atoms with Gasteiger partial charge in [-0.15, -0.1) is 0 Å². The first-order valence-electron chi connectivity index (χ1n) is 6.15. The molecule has 0 N–H and O–H groups in total. The van der Waals surface area contributed by atoms with E-state index in [2.05, 4.69) is 4.98 Å². The molecule has 2 aromatic rings. The fourth-order valence-corrected chi connectivity index (χ4v) is 2.12. The van der Waals surface area contributed by atoms with Gasteiger partial charge in [0.2, 0.25) is 0 Å². The quantitative estimate of drug-likeness (QED) is 0.831. The Hall–Kier alpha value is -1.81. The van der Waals surface area contributed by atoms with Crippen molar-refractivity contribution >= 4 is 0 Å². The van der Waals surface area contributed by atoms with Crippen LogP contribution in [0.3, 0.4) is 0 Å². The molecule has 3 rings (SSSR count). The van der Waals surface area contributed by atoms with Crippen LogP contribution in [0.5, 0.6) is 5.75 Å². The number of hydrogen-bond acceptors (Lipinski definition) is 3. The number of hydrogen-bond donors (Lipinski definition) is 0. The van der Waals surface area contributed by atoms with Gasteiger partial charge in [0, 0.05) is 31.4 Å². The van der Waals surface area contributed by atoms with E-state index >= 15 is 0 Å². The maximum Gasteiger partial charge on any atom is 0.139 e. The summed E-state index contributed by atoms with van der Waals surface area (Å²) in [5.41, 5.74) is 1.09. The number of aromatic nitrogens is 2. The molecule has 0 bridgehead atoms. The molecule has 0 saturated carbocycles. The third-order valence-electron chi connectivity index (χ3n) is 3.12. The second kappa shape index (κ2) is 4.82. The minimum Gasteiger partial charge on any atom is -0.488 e.